The third-order valence-electron chi connectivity index (χ3n) is 5.29. The van der Waals surface area contributed by atoms with Crippen LogP contribution in [0.3, 0.4) is 0 Å². The first-order valence-electron chi connectivity index (χ1n) is 11.4. The minimum atomic E-state index is -0.337. The summed E-state index contributed by atoms with van der Waals surface area (Å²) in [6.07, 6.45) is 2.58. The predicted molar refractivity (Wildman–Crippen MR) is 131 cm³/mol. The molecular weight excluding hydrogens is 416 g/mol. The Morgan fingerprint density at radius 2 is 1.88 bits per heavy atom. The number of fused-ring (bicyclic) bond motifs is 1. The Labute approximate surface area is 196 Å². The lowest BCUT2D eigenvalue weighted by atomic mass is 9.86. The standard InChI is InChI=1S/C27H34N2O4/c1-19(2)32-15-9-14-28-25(30)18-29-22-17-21(27(3,4)5)12-13-23(22)33-24(26(29)31)16-20-10-7-6-8-11-20/h6-8,10-13,16-17,19H,9,14-15,18H2,1-5H3,(H,28,30). The molecule has 176 valence electrons. The van der Waals surface area contributed by atoms with E-state index in [4.69, 9.17) is 9.47 Å². The number of carbonyl (C=O) groups excluding carboxylic acids is 2. The summed E-state index contributed by atoms with van der Waals surface area (Å²) in [6.45, 7) is 11.3. The summed E-state index contributed by atoms with van der Waals surface area (Å²) in [4.78, 5) is 27.6. The smallest absolute Gasteiger partial charge is 0.294 e. The molecule has 0 aliphatic carbocycles. The van der Waals surface area contributed by atoms with Gasteiger partial charge in [-0.15, -0.1) is 0 Å². The quantitative estimate of drug-likeness (QED) is 0.468. The molecule has 0 saturated heterocycles. The lowest BCUT2D eigenvalue weighted by Crippen LogP contribution is -2.44. The van der Waals surface area contributed by atoms with Gasteiger partial charge in [-0.05, 0) is 55.0 Å². The molecule has 0 bridgehead atoms. The van der Waals surface area contributed by atoms with E-state index in [-0.39, 0.29) is 35.6 Å². The highest BCUT2D eigenvalue weighted by molar-refractivity contribution is 6.12. The van der Waals surface area contributed by atoms with Gasteiger partial charge in [0, 0.05) is 13.2 Å². The number of carbonyl (C=O) groups is 2. The SMILES string of the molecule is CC(C)OCCCNC(=O)CN1C(=O)C(=Cc2ccccc2)Oc2ccc(C(C)(C)C)cc21. The Hall–Kier alpha value is -3.12. The van der Waals surface area contributed by atoms with Crippen molar-refractivity contribution in [1.29, 1.82) is 0 Å². The lowest BCUT2D eigenvalue weighted by molar-refractivity contribution is -0.123. The Bertz CT molecular complexity index is 1010. The second-order valence-electron chi connectivity index (χ2n) is 9.47. The van der Waals surface area contributed by atoms with Crippen LogP contribution in [0.4, 0.5) is 5.69 Å². The highest BCUT2D eigenvalue weighted by Crippen LogP contribution is 2.39. The van der Waals surface area contributed by atoms with Crippen LogP contribution in [0.25, 0.3) is 6.08 Å². The van der Waals surface area contributed by atoms with Gasteiger partial charge in [0.1, 0.15) is 6.54 Å². The van der Waals surface area contributed by atoms with Crippen molar-refractivity contribution in [2.24, 2.45) is 0 Å². The predicted octanol–water partition coefficient (Wildman–Crippen LogP) is 4.68. The number of anilines is 1. The molecule has 0 atom stereocenters. The van der Waals surface area contributed by atoms with Gasteiger partial charge >= 0.3 is 0 Å². The number of hydrogen-bond acceptors (Lipinski definition) is 4. The summed E-state index contributed by atoms with van der Waals surface area (Å²) < 4.78 is 11.5. The van der Waals surface area contributed by atoms with Crippen molar-refractivity contribution in [2.45, 2.75) is 52.6 Å². The molecule has 33 heavy (non-hydrogen) atoms. The second kappa shape index (κ2) is 10.7. The van der Waals surface area contributed by atoms with Crippen molar-refractivity contribution in [3.8, 4) is 5.75 Å². The third kappa shape index (κ3) is 6.68. The molecule has 2 amide bonds. The van der Waals surface area contributed by atoms with E-state index in [9.17, 15) is 9.59 Å². The van der Waals surface area contributed by atoms with Gasteiger partial charge in [-0.2, -0.15) is 0 Å². The average molecular weight is 451 g/mol. The van der Waals surface area contributed by atoms with Gasteiger partial charge in [0.05, 0.1) is 11.8 Å². The number of benzene rings is 2. The largest absolute Gasteiger partial charge is 0.449 e. The van der Waals surface area contributed by atoms with Gasteiger partial charge in [-0.25, -0.2) is 0 Å². The van der Waals surface area contributed by atoms with Gasteiger partial charge in [0.15, 0.2) is 11.5 Å². The third-order valence-corrected chi connectivity index (χ3v) is 5.29. The summed E-state index contributed by atoms with van der Waals surface area (Å²) >= 11 is 0. The molecule has 3 rings (SSSR count). The fourth-order valence-electron chi connectivity index (χ4n) is 3.45. The maximum absolute atomic E-state index is 13.4. The van der Waals surface area contributed by atoms with Crippen LogP contribution in [0.15, 0.2) is 54.3 Å². The Morgan fingerprint density at radius 3 is 2.55 bits per heavy atom. The number of nitrogens with zero attached hydrogens (tertiary/aromatic N) is 1. The van der Waals surface area contributed by atoms with Crippen LogP contribution in [-0.2, 0) is 19.7 Å². The molecule has 1 N–H and O–H groups in total. The van der Waals surface area contributed by atoms with Crippen molar-refractivity contribution in [3.05, 3.63) is 65.4 Å². The maximum atomic E-state index is 13.4. The van der Waals surface area contributed by atoms with Crippen molar-refractivity contribution in [3.63, 3.8) is 0 Å². The average Bonchev–Trinajstić information content (AvgIpc) is 2.76. The molecule has 2 aromatic rings. The number of nitrogens with one attached hydrogen (secondary N) is 1. The molecule has 0 aromatic heterocycles. The number of hydrogen-bond donors (Lipinski definition) is 1. The molecule has 1 heterocycles. The Balaban J connectivity index is 1.83. The number of ether oxygens (including phenoxy) is 2. The van der Waals surface area contributed by atoms with Gasteiger partial charge in [0.25, 0.3) is 5.91 Å². The minimum absolute atomic E-state index is 0.0834. The van der Waals surface area contributed by atoms with Crippen molar-refractivity contribution < 1.29 is 19.1 Å². The summed E-state index contributed by atoms with van der Waals surface area (Å²) in [5, 5.41) is 2.89. The van der Waals surface area contributed by atoms with E-state index in [0.29, 0.717) is 31.0 Å². The zero-order valence-electron chi connectivity index (χ0n) is 20.2. The first-order valence-corrected chi connectivity index (χ1v) is 11.4. The molecule has 6 nitrogen and oxygen atoms in total. The van der Waals surface area contributed by atoms with Crippen LogP contribution in [0.1, 0.15) is 52.2 Å². The van der Waals surface area contributed by atoms with Crippen LogP contribution in [-0.4, -0.2) is 37.6 Å². The fraction of sp³-hybridized carbons (Fsp3) is 0.407. The van der Waals surface area contributed by atoms with E-state index in [1.165, 1.54) is 4.90 Å². The van der Waals surface area contributed by atoms with Gasteiger partial charge in [-0.1, -0.05) is 57.2 Å². The van der Waals surface area contributed by atoms with Crippen LogP contribution < -0.4 is 15.0 Å². The van der Waals surface area contributed by atoms with Gasteiger partial charge < -0.3 is 14.8 Å². The van der Waals surface area contributed by atoms with E-state index in [0.717, 1.165) is 11.1 Å². The van der Waals surface area contributed by atoms with Crippen molar-refractivity contribution >= 4 is 23.6 Å². The van der Waals surface area contributed by atoms with E-state index >= 15 is 0 Å². The van der Waals surface area contributed by atoms with E-state index in [1.54, 1.807) is 6.08 Å². The monoisotopic (exact) mass is 450 g/mol. The van der Waals surface area contributed by atoms with Crippen LogP contribution in [0.2, 0.25) is 0 Å². The zero-order chi connectivity index (χ0) is 24.0. The van der Waals surface area contributed by atoms with Crippen molar-refractivity contribution in [1.82, 2.24) is 5.32 Å². The van der Waals surface area contributed by atoms with Crippen LogP contribution >= 0.6 is 0 Å². The molecular formula is C27H34N2O4. The molecule has 2 aromatic carbocycles. The normalized spacial score (nSPS) is 14.9. The fourth-order valence-corrected chi connectivity index (χ4v) is 3.45. The van der Waals surface area contributed by atoms with E-state index < -0.39 is 0 Å². The molecule has 0 radical (unpaired) electrons. The molecule has 0 spiro atoms. The maximum Gasteiger partial charge on any atom is 0.294 e. The summed E-state index contributed by atoms with van der Waals surface area (Å²) in [5.74, 6) is 0.190. The first kappa shape index (κ1) is 24.5. The Kier molecular flexibility index (Phi) is 7.92. The van der Waals surface area contributed by atoms with E-state index in [2.05, 4.69) is 26.1 Å². The van der Waals surface area contributed by atoms with E-state index in [1.807, 2.05) is 62.4 Å². The second-order valence-corrected chi connectivity index (χ2v) is 9.47. The summed E-state index contributed by atoms with van der Waals surface area (Å²) in [5.41, 5.74) is 2.41. The van der Waals surface area contributed by atoms with Crippen molar-refractivity contribution in [2.75, 3.05) is 24.6 Å². The van der Waals surface area contributed by atoms with Crippen LogP contribution in [0, 0.1) is 0 Å². The lowest BCUT2D eigenvalue weighted by Gasteiger charge is -2.32. The molecule has 1 aliphatic rings. The number of amides is 2. The molecule has 0 fully saturated rings. The van der Waals surface area contributed by atoms with Crippen LogP contribution in [0.5, 0.6) is 5.75 Å². The highest BCUT2D eigenvalue weighted by Gasteiger charge is 2.33. The van der Waals surface area contributed by atoms with Gasteiger partial charge in [0.2, 0.25) is 5.91 Å². The topological polar surface area (TPSA) is 67.9 Å². The number of rotatable bonds is 8. The molecule has 0 unspecified atom stereocenters. The summed E-state index contributed by atoms with van der Waals surface area (Å²) in [7, 11) is 0. The molecule has 6 heteroatoms. The highest BCUT2D eigenvalue weighted by atomic mass is 16.5. The van der Waals surface area contributed by atoms with Gasteiger partial charge in [-0.3, -0.25) is 14.5 Å². The zero-order valence-corrected chi connectivity index (χ0v) is 20.2. The first-order chi connectivity index (χ1) is 15.6. The summed E-state index contributed by atoms with van der Waals surface area (Å²) in [6, 6.07) is 15.3. The minimum Gasteiger partial charge on any atom is -0.449 e. The molecule has 1 aliphatic heterocycles. The Morgan fingerprint density at radius 1 is 1.15 bits per heavy atom. The molecule has 0 saturated carbocycles.